The third kappa shape index (κ3) is 2.17. The molecule has 4 heterocycles. The first-order valence-corrected chi connectivity index (χ1v) is 8.38. The lowest BCUT2D eigenvalue weighted by atomic mass is 10.1. The number of amides is 2. The quantitative estimate of drug-likeness (QED) is 0.701. The molecular weight excluding hydrogens is 308 g/mol. The van der Waals surface area contributed by atoms with Gasteiger partial charge in [-0.1, -0.05) is 11.6 Å². The van der Waals surface area contributed by atoms with E-state index >= 15 is 0 Å². The second-order valence-electron chi connectivity index (χ2n) is 5.50. The number of likely N-dealkylation sites (tertiary alicyclic amines) is 1. The molecule has 2 aliphatic heterocycles. The van der Waals surface area contributed by atoms with Crippen LogP contribution in [0.4, 0.5) is 4.79 Å². The monoisotopic (exact) mass is 322 g/mol. The van der Waals surface area contributed by atoms with Crippen LogP contribution in [0.3, 0.4) is 0 Å². The number of carbonyl (C=O) groups excluding carboxylic acids is 1. The highest BCUT2D eigenvalue weighted by molar-refractivity contribution is 7.19. The van der Waals surface area contributed by atoms with Crippen LogP contribution < -0.4 is 0 Å². The van der Waals surface area contributed by atoms with Crippen LogP contribution in [0.15, 0.2) is 6.33 Å². The molecule has 21 heavy (non-hydrogen) atoms. The molecule has 110 valence electrons. The number of hydrogen-bond acceptors (Lipinski definition) is 4. The summed E-state index contributed by atoms with van der Waals surface area (Å²) in [5.74, 6) is 0. The summed E-state index contributed by atoms with van der Waals surface area (Å²) in [5.41, 5.74) is 1.23. The summed E-state index contributed by atoms with van der Waals surface area (Å²) in [6.07, 6.45) is 4.58. The molecule has 2 aliphatic rings. The molecule has 0 aromatic carbocycles. The number of nitrogens with zero attached hydrogens (tertiary/aromatic N) is 4. The first-order valence-electron chi connectivity index (χ1n) is 7.18. The van der Waals surface area contributed by atoms with Crippen LogP contribution in [-0.2, 0) is 13.0 Å². The van der Waals surface area contributed by atoms with E-state index in [4.69, 9.17) is 11.6 Å². The SMILES string of the molecule is O=C(N1CCCC1)N1CCc2c(sc3ncnc(Cl)c23)C1. The van der Waals surface area contributed by atoms with Gasteiger partial charge in [-0.15, -0.1) is 11.3 Å². The fourth-order valence-electron chi connectivity index (χ4n) is 3.16. The maximum absolute atomic E-state index is 12.5. The molecule has 0 unspecified atom stereocenters. The van der Waals surface area contributed by atoms with Crippen LogP contribution in [0.1, 0.15) is 23.3 Å². The highest BCUT2D eigenvalue weighted by atomic mass is 35.5. The molecular formula is C14H15ClN4OS. The fourth-order valence-corrected chi connectivity index (χ4v) is 4.67. The Balaban J connectivity index is 1.64. The summed E-state index contributed by atoms with van der Waals surface area (Å²) in [4.78, 5) is 26.9. The number of fused-ring (bicyclic) bond motifs is 3. The summed E-state index contributed by atoms with van der Waals surface area (Å²) in [6.45, 7) is 3.21. The molecule has 0 saturated carbocycles. The standard InChI is InChI=1S/C14H15ClN4OS/c15-12-11-9-3-6-19(14(20)18-4-1-2-5-18)7-10(9)21-13(11)17-8-16-12/h8H,1-7H2. The van der Waals surface area contributed by atoms with Crippen molar-refractivity contribution in [2.75, 3.05) is 19.6 Å². The normalized spacial score (nSPS) is 18.3. The minimum absolute atomic E-state index is 0.174. The Morgan fingerprint density at radius 2 is 2.00 bits per heavy atom. The van der Waals surface area contributed by atoms with Gasteiger partial charge in [0.2, 0.25) is 0 Å². The number of aromatic nitrogens is 2. The average molecular weight is 323 g/mol. The lowest BCUT2D eigenvalue weighted by Crippen LogP contribution is -2.43. The number of carbonyl (C=O) groups is 1. The minimum atomic E-state index is 0.174. The molecule has 0 spiro atoms. The van der Waals surface area contributed by atoms with E-state index in [1.54, 1.807) is 11.3 Å². The molecule has 0 atom stereocenters. The first kappa shape index (κ1) is 13.3. The van der Waals surface area contributed by atoms with Gasteiger partial charge in [0.1, 0.15) is 16.3 Å². The van der Waals surface area contributed by atoms with Crippen molar-refractivity contribution < 1.29 is 4.79 Å². The zero-order chi connectivity index (χ0) is 14.4. The average Bonchev–Trinajstić information content (AvgIpc) is 3.13. The van der Waals surface area contributed by atoms with E-state index in [-0.39, 0.29) is 6.03 Å². The van der Waals surface area contributed by atoms with E-state index in [0.29, 0.717) is 11.7 Å². The summed E-state index contributed by atoms with van der Waals surface area (Å²) in [6, 6.07) is 0.174. The number of rotatable bonds is 0. The number of hydrogen-bond donors (Lipinski definition) is 0. The van der Waals surface area contributed by atoms with E-state index in [2.05, 4.69) is 9.97 Å². The maximum Gasteiger partial charge on any atom is 0.320 e. The van der Waals surface area contributed by atoms with Crippen LogP contribution in [0, 0.1) is 0 Å². The van der Waals surface area contributed by atoms with Gasteiger partial charge in [0.15, 0.2) is 0 Å². The zero-order valence-electron chi connectivity index (χ0n) is 11.5. The summed E-state index contributed by atoms with van der Waals surface area (Å²) in [7, 11) is 0. The van der Waals surface area contributed by atoms with Gasteiger partial charge in [-0.05, 0) is 24.8 Å². The van der Waals surface area contributed by atoms with E-state index in [1.807, 2.05) is 9.80 Å². The van der Waals surface area contributed by atoms with E-state index in [9.17, 15) is 4.79 Å². The van der Waals surface area contributed by atoms with Crippen LogP contribution >= 0.6 is 22.9 Å². The molecule has 1 fully saturated rings. The third-order valence-corrected chi connectivity index (χ3v) is 5.65. The molecule has 1 saturated heterocycles. The van der Waals surface area contributed by atoms with Gasteiger partial charge in [-0.25, -0.2) is 14.8 Å². The summed E-state index contributed by atoms with van der Waals surface area (Å²) in [5, 5.41) is 1.50. The van der Waals surface area contributed by atoms with Gasteiger partial charge in [0.25, 0.3) is 0 Å². The second-order valence-corrected chi connectivity index (χ2v) is 6.94. The Morgan fingerprint density at radius 1 is 1.19 bits per heavy atom. The third-order valence-electron chi connectivity index (χ3n) is 4.24. The molecule has 2 amide bonds. The lowest BCUT2D eigenvalue weighted by molar-refractivity contribution is 0.158. The van der Waals surface area contributed by atoms with E-state index in [0.717, 1.165) is 49.1 Å². The lowest BCUT2D eigenvalue weighted by Gasteiger charge is -2.30. The predicted octanol–water partition coefficient (Wildman–Crippen LogP) is 2.92. The van der Waals surface area contributed by atoms with Crippen molar-refractivity contribution in [2.24, 2.45) is 0 Å². The van der Waals surface area contributed by atoms with E-state index in [1.165, 1.54) is 16.8 Å². The Morgan fingerprint density at radius 3 is 2.81 bits per heavy atom. The Hall–Kier alpha value is -1.40. The Labute approximate surface area is 131 Å². The number of urea groups is 1. The van der Waals surface area contributed by atoms with Gasteiger partial charge in [-0.3, -0.25) is 0 Å². The maximum atomic E-state index is 12.5. The highest BCUT2D eigenvalue weighted by Crippen LogP contribution is 2.37. The van der Waals surface area contributed by atoms with Gasteiger partial charge < -0.3 is 9.80 Å². The van der Waals surface area contributed by atoms with E-state index < -0.39 is 0 Å². The Kier molecular flexibility index (Phi) is 3.23. The first-order chi connectivity index (χ1) is 10.2. The molecule has 0 aliphatic carbocycles. The number of halogens is 1. The predicted molar refractivity (Wildman–Crippen MR) is 82.7 cm³/mol. The molecule has 4 rings (SSSR count). The van der Waals surface area contributed by atoms with Crippen LogP contribution in [0.5, 0.6) is 0 Å². The van der Waals surface area contributed by atoms with Crippen molar-refractivity contribution in [3.8, 4) is 0 Å². The molecule has 7 heteroatoms. The topological polar surface area (TPSA) is 49.3 Å². The summed E-state index contributed by atoms with van der Waals surface area (Å²) >= 11 is 7.83. The van der Waals surface area contributed by atoms with Crippen LogP contribution in [-0.4, -0.2) is 45.4 Å². The molecule has 2 aromatic heterocycles. The Bertz CT molecular complexity index is 710. The summed E-state index contributed by atoms with van der Waals surface area (Å²) < 4.78 is 0. The largest absolute Gasteiger partial charge is 0.325 e. The molecule has 0 radical (unpaired) electrons. The van der Waals surface area contributed by atoms with Crippen molar-refractivity contribution in [1.29, 1.82) is 0 Å². The van der Waals surface area contributed by atoms with Gasteiger partial charge >= 0.3 is 6.03 Å². The second kappa shape index (κ2) is 5.10. The van der Waals surface area contributed by atoms with Crippen molar-refractivity contribution in [3.05, 3.63) is 21.9 Å². The number of thiophene rings is 1. The molecule has 0 N–H and O–H groups in total. The zero-order valence-corrected chi connectivity index (χ0v) is 13.1. The van der Waals surface area contributed by atoms with Crippen molar-refractivity contribution in [2.45, 2.75) is 25.8 Å². The van der Waals surface area contributed by atoms with Crippen LogP contribution in [0.25, 0.3) is 10.2 Å². The fraction of sp³-hybridized carbons (Fsp3) is 0.500. The highest BCUT2D eigenvalue weighted by Gasteiger charge is 2.29. The van der Waals surface area contributed by atoms with Gasteiger partial charge in [-0.2, -0.15) is 0 Å². The smallest absolute Gasteiger partial charge is 0.320 e. The minimum Gasteiger partial charge on any atom is -0.325 e. The van der Waals surface area contributed by atoms with Crippen LogP contribution in [0.2, 0.25) is 5.15 Å². The van der Waals surface area contributed by atoms with Crippen molar-refractivity contribution in [3.63, 3.8) is 0 Å². The molecule has 2 aromatic rings. The van der Waals surface area contributed by atoms with Crippen molar-refractivity contribution in [1.82, 2.24) is 19.8 Å². The molecule has 0 bridgehead atoms. The van der Waals surface area contributed by atoms with Gasteiger partial charge in [0.05, 0.1) is 11.9 Å². The van der Waals surface area contributed by atoms with Gasteiger partial charge in [0, 0.05) is 24.5 Å². The molecule has 5 nitrogen and oxygen atoms in total. The van der Waals surface area contributed by atoms with Crippen molar-refractivity contribution >= 4 is 39.2 Å².